The zero-order chi connectivity index (χ0) is 22.9. The van der Waals surface area contributed by atoms with Gasteiger partial charge in [-0.25, -0.2) is 0 Å². The summed E-state index contributed by atoms with van der Waals surface area (Å²) in [5, 5.41) is 3.54. The first kappa shape index (κ1) is 24.3. The van der Waals surface area contributed by atoms with E-state index in [4.69, 9.17) is 11.6 Å². The van der Waals surface area contributed by atoms with E-state index in [9.17, 15) is 13.2 Å². The summed E-state index contributed by atoms with van der Waals surface area (Å²) in [5.41, 5.74) is 0.535. The van der Waals surface area contributed by atoms with Crippen molar-refractivity contribution in [2.24, 2.45) is 0 Å². The summed E-state index contributed by atoms with van der Waals surface area (Å²) in [7, 11) is 0. The van der Waals surface area contributed by atoms with Crippen LogP contribution in [0.4, 0.5) is 19.0 Å². The van der Waals surface area contributed by atoms with E-state index in [0.717, 1.165) is 10.7 Å². The SMILES string of the molecule is [C-]#[N+]c1ncc[c-]c1-c1cccc(C(C)(C)c2cccc(-n3[c-]cc(C(F)(F)F)n3)n2)n1.[Pt+2]. The van der Waals surface area contributed by atoms with Crippen molar-refractivity contribution in [1.29, 1.82) is 0 Å². The molecular formula is C23H15F3N6Pt. The molecule has 0 aromatic carbocycles. The molecule has 4 rings (SSSR count). The molecule has 0 atom stereocenters. The average molecular weight is 627 g/mol. The van der Waals surface area contributed by atoms with Crippen LogP contribution in [0.2, 0.25) is 0 Å². The molecule has 4 aromatic rings. The van der Waals surface area contributed by atoms with Gasteiger partial charge in [0.1, 0.15) is 0 Å². The molecule has 0 N–H and O–H groups in total. The third-order valence-electron chi connectivity index (χ3n) is 4.89. The number of pyridine rings is 3. The Balaban J connectivity index is 0.00000306. The molecule has 6 nitrogen and oxygen atoms in total. The number of alkyl halides is 3. The van der Waals surface area contributed by atoms with Crippen molar-refractivity contribution in [2.45, 2.75) is 25.4 Å². The smallest absolute Gasteiger partial charge is 0.343 e. The maximum Gasteiger partial charge on any atom is 2.00 e. The molecule has 10 heteroatoms. The van der Waals surface area contributed by atoms with Gasteiger partial charge in [0.2, 0.25) is 0 Å². The Morgan fingerprint density at radius 3 is 2.36 bits per heavy atom. The van der Waals surface area contributed by atoms with Crippen molar-refractivity contribution in [3.05, 3.63) is 95.5 Å². The minimum absolute atomic E-state index is 0. The van der Waals surface area contributed by atoms with Gasteiger partial charge >= 0.3 is 33.1 Å². The van der Waals surface area contributed by atoms with Crippen molar-refractivity contribution < 1.29 is 34.2 Å². The molecule has 0 fully saturated rings. The fourth-order valence-electron chi connectivity index (χ4n) is 3.12. The Kier molecular flexibility index (Phi) is 6.80. The normalized spacial score (nSPS) is 11.5. The summed E-state index contributed by atoms with van der Waals surface area (Å²) in [6, 6.07) is 15.8. The summed E-state index contributed by atoms with van der Waals surface area (Å²) < 4.78 is 39.6. The van der Waals surface area contributed by atoms with Gasteiger partial charge in [0.05, 0.1) is 17.7 Å². The van der Waals surface area contributed by atoms with Gasteiger partial charge in [-0.3, -0.25) is 15.1 Å². The van der Waals surface area contributed by atoms with Crippen LogP contribution in [0.25, 0.3) is 21.9 Å². The van der Waals surface area contributed by atoms with Crippen molar-refractivity contribution in [2.75, 3.05) is 0 Å². The molecule has 0 aliphatic rings. The molecular weight excluding hydrogens is 612 g/mol. The van der Waals surface area contributed by atoms with Crippen LogP contribution in [0.1, 0.15) is 30.9 Å². The number of aromatic nitrogens is 5. The third-order valence-corrected chi connectivity index (χ3v) is 4.89. The summed E-state index contributed by atoms with van der Waals surface area (Å²) in [5.74, 6) is 0.405. The predicted octanol–water partition coefficient (Wildman–Crippen LogP) is 5.22. The van der Waals surface area contributed by atoms with Crippen LogP contribution < -0.4 is 0 Å². The number of rotatable bonds is 4. The third kappa shape index (κ3) is 4.86. The van der Waals surface area contributed by atoms with Gasteiger partial charge in [0.25, 0.3) is 0 Å². The van der Waals surface area contributed by atoms with E-state index < -0.39 is 17.3 Å². The molecule has 0 aliphatic heterocycles. The Morgan fingerprint density at radius 2 is 1.70 bits per heavy atom. The molecule has 0 spiro atoms. The monoisotopic (exact) mass is 627 g/mol. The molecule has 0 bridgehead atoms. The average Bonchev–Trinajstić information content (AvgIpc) is 3.30. The topological polar surface area (TPSA) is 60.9 Å². The van der Waals surface area contributed by atoms with Crippen LogP contribution in [0.3, 0.4) is 0 Å². The first-order valence-electron chi connectivity index (χ1n) is 9.45. The van der Waals surface area contributed by atoms with Crippen LogP contribution in [0, 0.1) is 18.8 Å². The second-order valence-electron chi connectivity index (χ2n) is 7.38. The largest absolute Gasteiger partial charge is 2.00 e. The molecule has 33 heavy (non-hydrogen) atoms. The molecule has 168 valence electrons. The van der Waals surface area contributed by atoms with E-state index in [1.54, 1.807) is 30.3 Å². The molecule has 0 saturated heterocycles. The Hall–Kier alpha value is -3.37. The van der Waals surface area contributed by atoms with Gasteiger partial charge in [-0.1, -0.05) is 37.0 Å². The molecule has 0 saturated carbocycles. The molecule has 0 unspecified atom stereocenters. The van der Waals surface area contributed by atoms with Crippen LogP contribution in [0.15, 0.2) is 54.7 Å². The zero-order valence-corrected chi connectivity index (χ0v) is 19.6. The summed E-state index contributed by atoms with van der Waals surface area (Å²) in [6.45, 7) is 11.1. The molecule has 4 heterocycles. The molecule has 0 amide bonds. The predicted molar refractivity (Wildman–Crippen MR) is 110 cm³/mol. The molecule has 0 radical (unpaired) electrons. The summed E-state index contributed by atoms with van der Waals surface area (Å²) in [6.07, 6.45) is -0.604. The van der Waals surface area contributed by atoms with Gasteiger partial charge < -0.3 is 9.53 Å². The quantitative estimate of drug-likeness (QED) is 0.292. The second kappa shape index (κ2) is 9.24. The fourth-order valence-corrected chi connectivity index (χ4v) is 3.12. The number of hydrogen-bond donors (Lipinski definition) is 0. The fraction of sp³-hybridized carbons (Fsp3) is 0.174. The van der Waals surface area contributed by atoms with Gasteiger partial charge in [-0.15, -0.1) is 23.2 Å². The van der Waals surface area contributed by atoms with E-state index in [0.29, 0.717) is 22.6 Å². The Bertz CT molecular complexity index is 1320. The number of hydrogen-bond acceptors (Lipinski definition) is 4. The first-order chi connectivity index (χ1) is 15.2. The van der Waals surface area contributed by atoms with Crippen LogP contribution >= 0.6 is 0 Å². The molecule has 0 aliphatic carbocycles. The number of halogens is 3. The van der Waals surface area contributed by atoms with Crippen molar-refractivity contribution >= 4 is 5.82 Å². The van der Waals surface area contributed by atoms with Gasteiger partial charge in [-0.2, -0.15) is 13.2 Å². The van der Waals surface area contributed by atoms with Crippen molar-refractivity contribution in [1.82, 2.24) is 24.7 Å². The van der Waals surface area contributed by atoms with Crippen LogP contribution in [0.5, 0.6) is 0 Å². The summed E-state index contributed by atoms with van der Waals surface area (Å²) in [4.78, 5) is 16.7. The van der Waals surface area contributed by atoms with E-state index in [1.165, 1.54) is 6.20 Å². The van der Waals surface area contributed by atoms with Crippen LogP contribution in [-0.4, -0.2) is 24.7 Å². The first-order valence-corrected chi connectivity index (χ1v) is 9.45. The standard InChI is InChI=1S/C23H15F3N6.Pt/c1-22(2,17-9-4-8-16(29-17)15-7-6-13-28-21(15)27-3)18-10-5-11-20(30-18)32-14-12-19(31-32)23(24,25)26;/h4-6,8-13H,1-2H3;/q-2;+2. The van der Waals surface area contributed by atoms with E-state index in [1.807, 2.05) is 26.0 Å². The second-order valence-corrected chi connectivity index (χ2v) is 7.38. The Labute approximate surface area is 202 Å². The van der Waals surface area contributed by atoms with Gasteiger partial charge in [-0.05, 0) is 37.2 Å². The maximum atomic E-state index is 12.9. The van der Waals surface area contributed by atoms with E-state index >= 15 is 0 Å². The zero-order valence-electron chi connectivity index (χ0n) is 17.3. The minimum atomic E-state index is -4.56. The minimum Gasteiger partial charge on any atom is -0.343 e. The molecule has 4 aromatic heterocycles. The van der Waals surface area contributed by atoms with Gasteiger partial charge in [0, 0.05) is 16.8 Å². The van der Waals surface area contributed by atoms with Crippen LogP contribution in [-0.2, 0) is 32.7 Å². The van der Waals surface area contributed by atoms with Crippen molar-refractivity contribution in [3.63, 3.8) is 0 Å². The summed E-state index contributed by atoms with van der Waals surface area (Å²) >= 11 is 0. The van der Waals surface area contributed by atoms with Crippen molar-refractivity contribution in [3.8, 4) is 17.1 Å². The number of nitrogens with zero attached hydrogens (tertiary/aromatic N) is 6. The van der Waals surface area contributed by atoms with E-state index in [2.05, 4.69) is 32.2 Å². The maximum absolute atomic E-state index is 12.9. The Morgan fingerprint density at radius 1 is 1.00 bits per heavy atom. The van der Waals surface area contributed by atoms with Gasteiger partial charge in [0.15, 0.2) is 0 Å². The van der Waals surface area contributed by atoms with E-state index in [-0.39, 0.29) is 32.7 Å².